The molecule has 2 aromatic rings. The molecule has 4 heteroatoms. The molecular formula is C15H20N3S+. The van der Waals surface area contributed by atoms with Gasteiger partial charge in [-0.25, -0.2) is 4.98 Å². The van der Waals surface area contributed by atoms with E-state index in [4.69, 9.17) is 4.98 Å². The highest BCUT2D eigenvalue weighted by Crippen LogP contribution is 2.34. The number of anilines is 1. The molecule has 1 saturated heterocycles. The molecule has 1 aromatic carbocycles. The fourth-order valence-electron chi connectivity index (χ4n) is 2.45. The predicted octanol–water partition coefficient (Wildman–Crippen LogP) is 1.45. The van der Waals surface area contributed by atoms with Crippen LogP contribution >= 0.6 is 11.3 Å². The predicted molar refractivity (Wildman–Crippen MR) is 81.1 cm³/mol. The van der Waals surface area contributed by atoms with E-state index in [1.165, 1.54) is 28.7 Å². The van der Waals surface area contributed by atoms with Gasteiger partial charge in [0, 0.05) is 0 Å². The van der Waals surface area contributed by atoms with E-state index in [1.807, 2.05) is 11.3 Å². The number of likely N-dealkylation sites (N-methyl/N-ethyl adjacent to an activating group) is 1. The first kappa shape index (κ1) is 12.6. The van der Waals surface area contributed by atoms with Crippen LogP contribution in [0.2, 0.25) is 0 Å². The van der Waals surface area contributed by atoms with Crippen molar-refractivity contribution in [2.45, 2.75) is 6.92 Å². The van der Waals surface area contributed by atoms with Crippen molar-refractivity contribution < 1.29 is 4.90 Å². The minimum absolute atomic E-state index is 1.12. The Morgan fingerprint density at radius 2 is 1.84 bits per heavy atom. The van der Waals surface area contributed by atoms with E-state index < -0.39 is 0 Å². The summed E-state index contributed by atoms with van der Waals surface area (Å²) in [6.07, 6.45) is 0. The van der Waals surface area contributed by atoms with Crippen LogP contribution in [-0.4, -0.2) is 38.2 Å². The molecule has 19 heavy (non-hydrogen) atoms. The van der Waals surface area contributed by atoms with Crippen LogP contribution in [0, 0.1) is 6.92 Å². The number of benzene rings is 1. The van der Waals surface area contributed by atoms with Crippen LogP contribution in [-0.2, 0) is 0 Å². The maximum atomic E-state index is 4.77. The van der Waals surface area contributed by atoms with Gasteiger partial charge in [0.25, 0.3) is 0 Å². The lowest BCUT2D eigenvalue weighted by Gasteiger charge is -2.29. The maximum absolute atomic E-state index is 4.77. The molecule has 3 nitrogen and oxygen atoms in total. The number of nitrogens with one attached hydrogen (secondary N) is 1. The molecule has 0 radical (unpaired) electrons. The van der Waals surface area contributed by atoms with Crippen molar-refractivity contribution in [1.29, 1.82) is 0 Å². The van der Waals surface area contributed by atoms with Crippen LogP contribution in [0.3, 0.4) is 0 Å². The zero-order valence-corrected chi connectivity index (χ0v) is 12.3. The fraction of sp³-hybridized carbons (Fsp3) is 0.400. The molecule has 0 amide bonds. The SMILES string of the molecule is Cc1nc(N2CC[NH+](C)CC2)sc1-c1ccccc1. The quantitative estimate of drug-likeness (QED) is 0.895. The van der Waals surface area contributed by atoms with E-state index in [9.17, 15) is 0 Å². The molecular weight excluding hydrogens is 254 g/mol. The zero-order chi connectivity index (χ0) is 13.2. The van der Waals surface area contributed by atoms with Gasteiger partial charge in [0.05, 0.1) is 43.8 Å². The molecule has 0 atom stereocenters. The molecule has 1 aromatic heterocycles. The summed E-state index contributed by atoms with van der Waals surface area (Å²) in [4.78, 5) is 10.1. The van der Waals surface area contributed by atoms with Gasteiger partial charge in [0.15, 0.2) is 5.13 Å². The minimum atomic E-state index is 1.12. The Kier molecular flexibility index (Phi) is 3.53. The molecule has 1 fully saturated rings. The van der Waals surface area contributed by atoms with Gasteiger partial charge in [0.1, 0.15) is 0 Å². The number of hydrogen-bond acceptors (Lipinski definition) is 3. The average molecular weight is 274 g/mol. The summed E-state index contributed by atoms with van der Waals surface area (Å²) in [6, 6.07) is 10.6. The van der Waals surface area contributed by atoms with Gasteiger partial charge in [-0.15, -0.1) is 0 Å². The van der Waals surface area contributed by atoms with Gasteiger partial charge in [-0.2, -0.15) is 0 Å². The number of aryl methyl sites for hydroxylation is 1. The Morgan fingerprint density at radius 1 is 1.16 bits per heavy atom. The Morgan fingerprint density at radius 3 is 2.53 bits per heavy atom. The number of rotatable bonds is 2. The second-order valence-electron chi connectivity index (χ2n) is 5.22. The van der Waals surface area contributed by atoms with Crippen LogP contribution < -0.4 is 9.80 Å². The smallest absolute Gasteiger partial charge is 0.186 e. The van der Waals surface area contributed by atoms with Gasteiger partial charge in [0.2, 0.25) is 0 Å². The summed E-state index contributed by atoms with van der Waals surface area (Å²) in [7, 11) is 2.26. The van der Waals surface area contributed by atoms with Gasteiger partial charge in [-0.1, -0.05) is 41.7 Å². The normalized spacial score (nSPS) is 16.8. The highest BCUT2D eigenvalue weighted by molar-refractivity contribution is 7.19. The molecule has 0 unspecified atom stereocenters. The van der Waals surface area contributed by atoms with Gasteiger partial charge in [-0.05, 0) is 12.5 Å². The highest BCUT2D eigenvalue weighted by atomic mass is 32.1. The van der Waals surface area contributed by atoms with E-state index in [0.29, 0.717) is 0 Å². The Bertz CT molecular complexity index is 542. The van der Waals surface area contributed by atoms with Crippen LogP contribution in [0.5, 0.6) is 0 Å². The van der Waals surface area contributed by atoms with Crippen molar-refractivity contribution in [3.63, 3.8) is 0 Å². The third kappa shape index (κ3) is 2.65. The fourth-order valence-corrected chi connectivity index (χ4v) is 3.58. The standard InChI is InChI=1S/C15H19N3S/c1-12-14(13-6-4-3-5-7-13)19-15(16-12)18-10-8-17(2)9-11-18/h3-7H,8-11H2,1-2H3/p+1. The van der Waals surface area contributed by atoms with Crippen molar-refractivity contribution in [1.82, 2.24) is 4.98 Å². The van der Waals surface area contributed by atoms with E-state index in [0.717, 1.165) is 18.8 Å². The van der Waals surface area contributed by atoms with E-state index >= 15 is 0 Å². The molecule has 1 aliphatic rings. The average Bonchev–Trinajstić information content (AvgIpc) is 2.83. The first-order valence-corrected chi connectivity index (χ1v) is 7.65. The number of thiazole rings is 1. The van der Waals surface area contributed by atoms with E-state index in [1.54, 1.807) is 4.90 Å². The lowest BCUT2D eigenvalue weighted by atomic mass is 10.2. The summed E-state index contributed by atoms with van der Waals surface area (Å²) < 4.78 is 0. The monoisotopic (exact) mass is 274 g/mol. The van der Waals surface area contributed by atoms with Gasteiger partial charge in [-0.3, -0.25) is 0 Å². The van der Waals surface area contributed by atoms with Crippen LogP contribution in [0.4, 0.5) is 5.13 Å². The largest absolute Gasteiger partial charge is 0.337 e. The number of piperazine rings is 1. The Hall–Kier alpha value is -1.39. The number of nitrogens with zero attached hydrogens (tertiary/aromatic N) is 2. The number of hydrogen-bond donors (Lipinski definition) is 1. The molecule has 2 heterocycles. The first-order valence-electron chi connectivity index (χ1n) is 6.83. The van der Waals surface area contributed by atoms with E-state index in [2.05, 4.69) is 49.2 Å². The number of aromatic nitrogens is 1. The van der Waals surface area contributed by atoms with E-state index in [-0.39, 0.29) is 0 Å². The molecule has 1 aliphatic heterocycles. The second kappa shape index (κ2) is 5.31. The van der Waals surface area contributed by atoms with Gasteiger partial charge < -0.3 is 9.80 Å². The Balaban J connectivity index is 1.85. The van der Waals surface area contributed by atoms with Gasteiger partial charge >= 0.3 is 0 Å². The second-order valence-corrected chi connectivity index (χ2v) is 6.20. The summed E-state index contributed by atoms with van der Waals surface area (Å²) in [6.45, 7) is 6.77. The van der Waals surface area contributed by atoms with Crippen molar-refractivity contribution >= 4 is 16.5 Å². The first-order chi connectivity index (χ1) is 9.24. The summed E-state index contributed by atoms with van der Waals surface area (Å²) in [5.41, 5.74) is 2.43. The summed E-state index contributed by atoms with van der Waals surface area (Å²) >= 11 is 1.83. The molecule has 0 saturated carbocycles. The molecule has 0 aliphatic carbocycles. The third-order valence-electron chi connectivity index (χ3n) is 3.71. The minimum Gasteiger partial charge on any atom is -0.337 e. The van der Waals surface area contributed by atoms with Crippen LogP contribution in [0.15, 0.2) is 30.3 Å². The topological polar surface area (TPSA) is 20.6 Å². The summed E-state index contributed by atoms with van der Waals surface area (Å²) in [5.74, 6) is 0. The zero-order valence-electron chi connectivity index (χ0n) is 11.5. The van der Waals surface area contributed by atoms with Crippen LogP contribution in [0.1, 0.15) is 5.69 Å². The van der Waals surface area contributed by atoms with Crippen molar-refractivity contribution in [3.05, 3.63) is 36.0 Å². The maximum Gasteiger partial charge on any atom is 0.186 e. The highest BCUT2D eigenvalue weighted by Gasteiger charge is 2.20. The van der Waals surface area contributed by atoms with Crippen molar-refractivity contribution in [3.8, 4) is 10.4 Å². The third-order valence-corrected chi connectivity index (χ3v) is 4.98. The molecule has 3 rings (SSSR count). The number of quaternary nitrogens is 1. The molecule has 1 N–H and O–H groups in total. The Labute approximate surface area is 118 Å². The molecule has 0 spiro atoms. The molecule has 100 valence electrons. The van der Waals surface area contributed by atoms with Crippen molar-refractivity contribution in [2.75, 3.05) is 38.1 Å². The van der Waals surface area contributed by atoms with Crippen molar-refractivity contribution in [2.24, 2.45) is 0 Å². The lowest BCUT2D eigenvalue weighted by molar-refractivity contribution is -0.880. The van der Waals surface area contributed by atoms with Crippen LogP contribution in [0.25, 0.3) is 10.4 Å². The summed E-state index contributed by atoms with van der Waals surface area (Å²) in [5, 5.41) is 1.18. The molecule has 0 bridgehead atoms. The lowest BCUT2D eigenvalue weighted by Crippen LogP contribution is -3.12.